The summed E-state index contributed by atoms with van der Waals surface area (Å²) < 4.78 is 0. The average Bonchev–Trinajstić information content (AvgIpc) is 2.10. The van der Waals surface area contributed by atoms with Crippen molar-refractivity contribution >= 4 is 0 Å². The second kappa shape index (κ2) is 7.06. The van der Waals surface area contributed by atoms with Crippen molar-refractivity contribution < 1.29 is 0 Å². The summed E-state index contributed by atoms with van der Waals surface area (Å²) in [5.74, 6) is 5.69. The maximum absolute atomic E-state index is 5.74. The van der Waals surface area contributed by atoms with Gasteiger partial charge in [0.15, 0.2) is 0 Å². The molecule has 0 aliphatic rings. The van der Waals surface area contributed by atoms with Crippen LogP contribution in [0.4, 0.5) is 0 Å². The first-order chi connectivity index (χ1) is 6.09. The van der Waals surface area contributed by atoms with E-state index in [0.29, 0.717) is 5.92 Å². The quantitative estimate of drug-likeness (QED) is 0.241. The Morgan fingerprint density at radius 1 is 1.38 bits per heavy atom. The predicted molar refractivity (Wildman–Crippen MR) is 58.0 cm³/mol. The van der Waals surface area contributed by atoms with Crippen LogP contribution in [0, 0.1) is 5.92 Å². The molecule has 2 atom stereocenters. The highest BCUT2D eigenvalue weighted by molar-refractivity contribution is 5.05. The summed E-state index contributed by atoms with van der Waals surface area (Å²) in [5, 5.41) is 0. The fourth-order valence-corrected chi connectivity index (χ4v) is 1.31. The molecular formula is C10H23N3. The molecule has 3 nitrogen and oxygen atoms in total. The molecule has 0 aliphatic heterocycles. The Morgan fingerprint density at radius 2 is 2.00 bits per heavy atom. The molecule has 0 saturated heterocycles. The standard InChI is InChI=1S/C10H23N3/c1-8(9(2)10(3)11)6-4-5-7-13-12/h8,10,13H,2,4-7,11-12H2,1,3H3. The average molecular weight is 185 g/mol. The van der Waals surface area contributed by atoms with Crippen molar-refractivity contribution in [3.8, 4) is 0 Å². The van der Waals surface area contributed by atoms with E-state index in [1.807, 2.05) is 6.92 Å². The van der Waals surface area contributed by atoms with Crippen LogP contribution in [0.25, 0.3) is 0 Å². The van der Waals surface area contributed by atoms with Gasteiger partial charge >= 0.3 is 0 Å². The first-order valence-corrected chi connectivity index (χ1v) is 4.97. The topological polar surface area (TPSA) is 64.1 Å². The highest BCUT2D eigenvalue weighted by Crippen LogP contribution is 2.17. The lowest BCUT2D eigenvalue weighted by molar-refractivity contribution is 0.522. The van der Waals surface area contributed by atoms with Gasteiger partial charge in [-0.3, -0.25) is 11.3 Å². The molecule has 0 bridgehead atoms. The Hall–Kier alpha value is -0.380. The van der Waals surface area contributed by atoms with Crippen LogP contribution < -0.4 is 17.0 Å². The van der Waals surface area contributed by atoms with Crippen LogP contribution in [0.1, 0.15) is 33.1 Å². The van der Waals surface area contributed by atoms with Crippen LogP contribution in [0.5, 0.6) is 0 Å². The Bertz CT molecular complexity index is 143. The number of hydrogen-bond acceptors (Lipinski definition) is 3. The van der Waals surface area contributed by atoms with Crippen LogP contribution in [0.15, 0.2) is 12.2 Å². The summed E-state index contributed by atoms with van der Waals surface area (Å²) in [6, 6.07) is 0.114. The van der Waals surface area contributed by atoms with E-state index >= 15 is 0 Å². The van der Waals surface area contributed by atoms with Gasteiger partial charge in [0, 0.05) is 12.6 Å². The van der Waals surface area contributed by atoms with Gasteiger partial charge in [0.25, 0.3) is 0 Å². The maximum atomic E-state index is 5.74. The third kappa shape index (κ3) is 5.80. The van der Waals surface area contributed by atoms with Crippen molar-refractivity contribution in [2.45, 2.75) is 39.2 Å². The van der Waals surface area contributed by atoms with Gasteiger partial charge in [0.2, 0.25) is 0 Å². The second-order valence-corrected chi connectivity index (χ2v) is 3.71. The number of nitrogens with one attached hydrogen (secondary N) is 1. The number of hydrazine groups is 1. The molecule has 0 aromatic heterocycles. The van der Waals surface area contributed by atoms with Crippen LogP contribution in [0.3, 0.4) is 0 Å². The van der Waals surface area contributed by atoms with Crippen LogP contribution >= 0.6 is 0 Å². The minimum absolute atomic E-state index is 0.114. The number of nitrogens with two attached hydrogens (primary N) is 2. The van der Waals surface area contributed by atoms with Gasteiger partial charge in [-0.05, 0) is 25.7 Å². The van der Waals surface area contributed by atoms with Gasteiger partial charge in [-0.25, -0.2) is 0 Å². The third-order valence-corrected chi connectivity index (χ3v) is 2.43. The van der Waals surface area contributed by atoms with E-state index in [4.69, 9.17) is 11.6 Å². The zero-order valence-corrected chi connectivity index (χ0v) is 8.84. The fourth-order valence-electron chi connectivity index (χ4n) is 1.31. The Kier molecular flexibility index (Phi) is 6.86. The van der Waals surface area contributed by atoms with Crippen molar-refractivity contribution in [3.05, 3.63) is 12.2 Å². The minimum Gasteiger partial charge on any atom is -0.324 e. The molecule has 0 fully saturated rings. The van der Waals surface area contributed by atoms with Crippen molar-refractivity contribution in [3.63, 3.8) is 0 Å². The number of rotatable bonds is 7. The maximum Gasteiger partial charge on any atom is 0.0224 e. The Morgan fingerprint density at radius 3 is 2.46 bits per heavy atom. The smallest absolute Gasteiger partial charge is 0.0224 e. The SMILES string of the molecule is C=C(C(C)N)C(C)CCCCNN. The van der Waals surface area contributed by atoms with Crippen molar-refractivity contribution in [1.29, 1.82) is 0 Å². The van der Waals surface area contributed by atoms with E-state index in [2.05, 4.69) is 18.9 Å². The van der Waals surface area contributed by atoms with E-state index in [1.165, 1.54) is 6.42 Å². The molecule has 3 heteroatoms. The highest BCUT2D eigenvalue weighted by Gasteiger charge is 2.09. The van der Waals surface area contributed by atoms with E-state index in [9.17, 15) is 0 Å². The van der Waals surface area contributed by atoms with E-state index in [-0.39, 0.29) is 6.04 Å². The molecule has 0 aliphatic carbocycles. The van der Waals surface area contributed by atoms with E-state index in [0.717, 1.165) is 25.0 Å². The van der Waals surface area contributed by atoms with Crippen LogP contribution in [-0.4, -0.2) is 12.6 Å². The van der Waals surface area contributed by atoms with Crippen LogP contribution in [0.2, 0.25) is 0 Å². The van der Waals surface area contributed by atoms with Gasteiger partial charge in [-0.1, -0.05) is 25.5 Å². The molecule has 0 heterocycles. The first-order valence-electron chi connectivity index (χ1n) is 4.97. The molecule has 2 unspecified atom stereocenters. The Balaban J connectivity index is 3.50. The highest BCUT2D eigenvalue weighted by atomic mass is 15.2. The van der Waals surface area contributed by atoms with Crippen molar-refractivity contribution in [2.75, 3.05) is 6.54 Å². The largest absolute Gasteiger partial charge is 0.324 e. The molecule has 5 N–H and O–H groups in total. The molecule has 0 radical (unpaired) electrons. The molecule has 13 heavy (non-hydrogen) atoms. The second-order valence-electron chi connectivity index (χ2n) is 3.71. The molecule has 0 spiro atoms. The lowest BCUT2D eigenvalue weighted by Gasteiger charge is -2.17. The van der Waals surface area contributed by atoms with E-state index < -0.39 is 0 Å². The summed E-state index contributed by atoms with van der Waals surface area (Å²) in [6.07, 6.45) is 3.45. The van der Waals surface area contributed by atoms with Crippen molar-refractivity contribution in [1.82, 2.24) is 5.43 Å². The van der Waals surface area contributed by atoms with Crippen molar-refractivity contribution in [2.24, 2.45) is 17.5 Å². The van der Waals surface area contributed by atoms with Crippen LogP contribution in [-0.2, 0) is 0 Å². The Labute approximate surface area is 81.5 Å². The number of hydrogen-bond donors (Lipinski definition) is 3. The fraction of sp³-hybridized carbons (Fsp3) is 0.800. The molecular weight excluding hydrogens is 162 g/mol. The van der Waals surface area contributed by atoms with Gasteiger partial charge in [-0.2, -0.15) is 0 Å². The molecule has 0 amide bonds. The number of unbranched alkanes of at least 4 members (excludes halogenated alkanes) is 1. The monoisotopic (exact) mass is 185 g/mol. The molecule has 78 valence electrons. The lowest BCUT2D eigenvalue weighted by Crippen LogP contribution is -2.23. The zero-order valence-electron chi connectivity index (χ0n) is 8.84. The third-order valence-electron chi connectivity index (χ3n) is 2.43. The molecule has 0 saturated carbocycles. The zero-order chi connectivity index (χ0) is 10.3. The normalized spacial score (nSPS) is 15.4. The molecule has 0 aromatic carbocycles. The first kappa shape index (κ1) is 12.6. The molecule has 0 aromatic rings. The van der Waals surface area contributed by atoms with Gasteiger partial charge in [0.1, 0.15) is 0 Å². The summed E-state index contributed by atoms with van der Waals surface area (Å²) in [7, 11) is 0. The minimum atomic E-state index is 0.114. The summed E-state index contributed by atoms with van der Waals surface area (Å²) in [5.41, 5.74) is 9.54. The van der Waals surface area contributed by atoms with Gasteiger partial charge in [-0.15, -0.1) is 0 Å². The summed E-state index contributed by atoms with van der Waals surface area (Å²) in [4.78, 5) is 0. The van der Waals surface area contributed by atoms with E-state index in [1.54, 1.807) is 0 Å². The van der Waals surface area contributed by atoms with Gasteiger partial charge in [0.05, 0.1) is 0 Å². The predicted octanol–water partition coefficient (Wildman–Crippen LogP) is 1.16. The lowest BCUT2D eigenvalue weighted by atomic mass is 9.92. The summed E-state index contributed by atoms with van der Waals surface area (Å²) >= 11 is 0. The van der Waals surface area contributed by atoms with Gasteiger partial charge < -0.3 is 5.73 Å². The summed E-state index contributed by atoms with van der Waals surface area (Å²) in [6.45, 7) is 9.04. The molecule has 0 rings (SSSR count).